The summed E-state index contributed by atoms with van der Waals surface area (Å²) in [7, 11) is -3.26. The van der Waals surface area contributed by atoms with Gasteiger partial charge in [0.15, 0.2) is 9.84 Å². The lowest BCUT2D eigenvalue weighted by atomic mass is 9.79. The van der Waals surface area contributed by atoms with E-state index in [1.807, 2.05) is 0 Å². The third-order valence-electron chi connectivity index (χ3n) is 3.65. The molecular formula is C14H21FO4S. The molecule has 0 fully saturated rings. The molecule has 0 aromatic heterocycles. The molecule has 0 aliphatic heterocycles. The lowest BCUT2D eigenvalue weighted by Gasteiger charge is -2.30. The van der Waals surface area contributed by atoms with Gasteiger partial charge >= 0.3 is 0 Å². The fraction of sp³-hybridized carbons (Fsp3) is 0.571. The molecule has 0 spiro atoms. The van der Waals surface area contributed by atoms with Crippen molar-refractivity contribution in [2.75, 3.05) is 19.0 Å². The highest BCUT2D eigenvalue weighted by molar-refractivity contribution is 7.91. The molecular weight excluding hydrogens is 283 g/mol. The summed E-state index contributed by atoms with van der Waals surface area (Å²) in [5.41, 5.74) is -0.543. The zero-order valence-electron chi connectivity index (χ0n) is 11.7. The minimum Gasteiger partial charge on any atom is -0.395 e. The minimum atomic E-state index is -3.26. The van der Waals surface area contributed by atoms with E-state index in [0.717, 1.165) is 0 Å². The Morgan fingerprint density at radius 3 is 2.05 bits per heavy atom. The number of sulfone groups is 1. The maximum absolute atomic E-state index is 12.9. The van der Waals surface area contributed by atoms with Crippen LogP contribution in [0.3, 0.4) is 0 Å². The molecule has 0 saturated carbocycles. The molecule has 4 nitrogen and oxygen atoms in total. The van der Waals surface area contributed by atoms with E-state index in [-0.39, 0.29) is 12.2 Å². The average Bonchev–Trinajstić information content (AvgIpc) is 2.42. The van der Waals surface area contributed by atoms with Crippen LogP contribution in [0.5, 0.6) is 0 Å². The molecule has 0 radical (unpaired) electrons. The summed E-state index contributed by atoms with van der Waals surface area (Å²) >= 11 is 0. The number of benzene rings is 1. The summed E-state index contributed by atoms with van der Waals surface area (Å²) in [5, 5.41) is 18.7. The molecule has 0 unspecified atom stereocenters. The molecule has 0 saturated heterocycles. The van der Waals surface area contributed by atoms with Crippen molar-refractivity contribution in [1.29, 1.82) is 0 Å². The average molecular weight is 304 g/mol. The Bertz CT molecular complexity index is 519. The fourth-order valence-electron chi connectivity index (χ4n) is 1.91. The van der Waals surface area contributed by atoms with Gasteiger partial charge < -0.3 is 10.2 Å². The van der Waals surface area contributed by atoms with E-state index >= 15 is 0 Å². The van der Waals surface area contributed by atoms with Crippen LogP contribution in [0.25, 0.3) is 0 Å². The van der Waals surface area contributed by atoms with E-state index in [2.05, 4.69) is 0 Å². The molecule has 1 aromatic rings. The van der Waals surface area contributed by atoms with Crippen molar-refractivity contribution in [3.63, 3.8) is 0 Å². The standard InChI is InChI=1S/C14H21FO4S/c1-11(2)20(18,19)8-7-14(9-16,10-17)12-3-5-13(15)6-4-12/h3-6,11,16-17H,7-10H2,1-2H3. The van der Waals surface area contributed by atoms with Crippen LogP contribution < -0.4 is 0 Å². The second-order valence-corrected chi connectivity index (χ2v) is 7.95. The molecule has 0 bridgehead atoms. The Labute approximate surface area is 119 Å². The van der Waals surface area contributed by atoms with E-state index in [1.54, 1.807) is 13.8 Å². The van der Waals surface area contributed by atoms with Crippen molar-refractivity contribution in [1.82, 2.24) is 0 Å². The molecule has 0 heterocycles. The molecule has 20 heavy (non-hydrogen) atoms. The van der Waals surface area contributed by atoms with Gasteiger partial charge in [-0.05, 0) is 38.0 Å². The van der Waals surface area contributed by atoms with Crippen LogP contribution in [0, 0.1) is 5.82 Å². The van der Waals surface area contributed by atoms with Crippen molar-refractivity contribution >= 4 is 9.84 Å². The Morgan fingerprint density at radius 1 is 1.15 bits per heavy atom. The Morgan fingerprint density at radius 2 is 1.65 bits per heavy atom. The summed E-state index contributed by atoms with van der Waals surface area (Å²) in [6.07, 6.45) is 0.0894. The maximum Gasteiger partial charge on any atom is 0.152 e. The van der Waals surface area contributed by atoms with Gasteiger partial charge in [0.05, 0.1) is 24.2 Å². The highest BCUT2D eigenvalue weighted by Gasteiger charge is 2.33. The predicted molar refractivity (Wildman–Crippen MR) is 75.8 cm³/mol. The van der Waals surface area contributed by atoms with Gasteiger partial charge in [-0.15, -0.1) is 0 Å². The first-order valence-corrected chi connectivity index (χ1v) is 8.18. The summed E-state index contributed by atoms with van der Waals surface area (Å²) in [5.74, 6) is -0.559. The summed E-state index contributed by atoms with van der Waals surface area (Å²) in [6.45, 7) is 2.38. The molecule has 1 rings (SSSR count). The van der Waals surface area contributed by atoms with E-state index in [4.69, 9.17) is 0 Å². The number of aliphatic hydroxyl groups is 2. The molecule has 1 aromatic carbocycles. The fourth-order valence-corrected chi connectivity index (χ4v) is 3.06. The summed E-state index contributed by atoms with van der Waals surface area (Å²) in [6, 6.07) is 5.38. The molecule has 0 aliphatic carbocycles. The Balaban J connectivity index is 3.01. The van der Waals surface area contributed by atoms with E-state index < -0.39 is 39.5 Å². The Kier molecular flexibility index (Phi) is 5.68. The predicted octanol–water partition coefficient (Wildman–Crippen LogP) is 1.26. The minimum absolute atomic E-state index is 0.0894. The van der Waals surface area contributed by atoms with Crippen molar-refractivity contribution < 1.29 is 23.0 Å². The maximum atomic E-state index is 12.9. The SMILES string of the molecule is CC(C)S(=O)(=O)CCC(CO)(CO)c1ccc(F)cc1. The first-order valence-electron chi connectivity index (χ1n) is 6.47. The number of hydrogen-bond acceptors (Lipinski definition) is 4. The third kappa shape index (κ3) is 3.77. The van der Waals surface area contributed by atoms with Gasteiger partial charge in [0, 0.05) is 5.41 Å². The highest BCUT2D eigenvalue weighted by atomic mass is 32.2. The van der Waals surface area contributed by atoms with Gasteiger partial charge in [-0.1, -0.05) is 12.1 Å². The molecule has 2 N–H and O–H groups in total. The largest absolute Gasteiger partial charge is 0.395 e. The van der Waals surface area contributed by atoms with Gasteiger partial charge in [0.1, 0.15) is 5.82 Å². The molecule has 6 heteroatoms. The van der Waals surface area contributed by atoms with Crippen molar-refractivity contribution in [3.8, 4) is 0 Å². The Hall–Kier alpha value is -0.980. The normalized spacial score (nSPS) is 12.9. The van der Waals surface area contributed by atoms with E-state index in [9.17, 15) is 23.0 Å². The zero-order chi connectivity index (χ0) is 15.4. The highest BCUT2D eigenvalue weighted by Crippen LogP contribution is 2.28. The van der Waals surface area contributed by atoms with E-state index in [1.165, 1.54) is 24.3 Å². The van der Waals surface area contributed by atoms with Crippen molar-refractivity contribution in [2.24, 2.45) is 0 Å². The number of hydrogen-bond donors (Lipinski definition) is 2. The van der Waals surface area contributed by atoms with E-state index in [0.29, 0.717) is 5.56 Å². The van der Waals surface area contributed by atoms with Crippen LogP contribution in [0.2, 0.25) is 0 Å². The van der Waals surface area contributed by atoms with Crippen molar-refractivity contribution in [2.45, 2.75) is 30.9 Å². The first-order chi connectivity index (χ1) is 9.27. The van der Waals surface area contributed by atoms with Gasteiger partial charge in [-0.25, -0.2) is 12.8 Å². The second-order valence-electron chi connectivity index (χ2n) is 5.27. The van der Waals surface area contributed by atoms with Crippen LogP contribution in [-0.2, 0) is 15.3 Å². The monoisotopic (exact) mass is 304 g/mol. The van der Waals surface area contributed by atoms with Crippen LogP contribution in [-0.4, -0.2) is 42.8 Å². The topological polar surface area (TPSA) is 74.6 Å². The van der Waals surface area contributed by atoms with Crippen LogP contribution in [0.15, 0.2) is 24.3 Å². The van der Waals surface area contributed by atoms with Crippen LogP contribution in [0.1, 0.15) is 25.8 Å². The lowest BCUT2D eigenvalue weighted by Crippen LogP contribution is -2.37. The van der Waals surface area contributed by atoms with Crippen molar-refractivity contribution in [3.05, 3.63) is 35.6 Å². The second kappa shape index (κ2) is 6.65. The van der Waals surface area contributed by atoms with Crippen LogP contribution in [0.4, 0.5) is 4.39 Å². The molecule has 114 valence electrons. The van der Waals surface area contributed by atoms with Gasteiger partial charge in [-0.3, -0.25) is 0 Å². The quantitative estimate of drug-likeness (QED) is 0.795. The molecule has 0 aliphatic rings. The number of aliphatic hydroxyl groups excluding tert-OH is 2. The summed E-state index contributed by atoms with van der Waals surface area (Å²) < 4.78 is 36.7. The number of rotatable bonds is 7. The van der Waals surface area contributed by atoms with Gasteiger partial charge in [-0.2, -0.15) is 0 Å². The summed E-state index contributed by atoms with van der Waals surface area (Å²) in [4.78, 5) is 0. The smallest absolute Gasteiger partial charge is 0.152 e. The van der Waals surface area contributed by atoms with Gasteiger partial charge in [0.2, 0.25) is 0 Å². The molecule has 0 amide bonds. The first kappa shape index (κ1) is 17.1. The zero-order valence-corrected chi connectivity index (χ0v) is 12.5. The third-order valence-corrected chi connectivity index (χ3v) is 5.85. The molecule has 0 atom stereocenters. The van der Waals surface area contributed by atoms with Gasteiger partial charge in [0.25, 0.3) is 0 Å². The van der Waals surface area contributed by atoms with Crippen LogP contribution >= 0.6 is 0 Å². The lowest BCUT2D eigenvalue weighted by molar-refractivity contribution is 0.113. The number of halogens is 1.